The van der Waals surface area contributed by atoms with Gasteiger partial charge >= 0.3 is 12.1 Å². The van der Waals surface area contributed by atoms with Crippen LogP contribution in [0.2, 0.25) is 0 Å². The van der Waals surface area contributed by atoms with Gasteiger partial charge in [-0.25, -0.2) is 19.1 Å². The van der Waals surface area contributed by atoms with Crippen molar-refractivity contribution in [3.05, 3.63) is 23.8 Å². The largest absolute Gasteiger partial charge is 0.478 e. The average Bonchev–Trinajstić information content (AvgIpc) is 2.77. The molecule has 0 aliphatic rings. The molecule has 0 saturated heterocycles. The number of ether oxygens (including phenoxy) is 1. The lowest BCUT2D eigenvalue weighted by Gasteiger charge is -2.19. The molecular formula is C13H17N5O4. The van der Waals surface area contributed by atoms with Gasteiger partial charge in [-0.1, -0.05) is 0 Å². The van der Waals surface area contributed by atoms with Crippen LogP contribution in [0.15, 0.2) is 12.4 Å². The summed E-state index contributed by atoms with van der Waals surface area (Å²) in [6.07, 6.45) is 2.42. The highest BCUT2D eigenvalue weighted by atomic mass is 16.6. The first kappa shape index (κ1) is 15.7. The van der Waals surface area contributed by atoms with Gasteiger partial charge in [-0.3, -0.25) is 0 Å². The number of carbonyl (C=O) groups excluding carboxylic acids is 1. The summed E-state index contributed by atoms with van der Waals surface area (Å²) in [5.74, 6) is -0.332. The van der Waals surface area contributed by atoms with Gasteiger partial charge in [0.1, 0.15) is 5.60 Å². The molecule has 118 valence electrons. The molecule has 0 aliphatic carbocycles. The van der Waals surface area contributed by atoms with Crippen LogP contribution in [0.4, 0.5) is 4.79 Å². The third-order valence-electron chi connectivity index (χ3n) is 2.50. The number of hydrogen-bond acceptors (Lipinski definition) is 6. The van der Waals surface area contributed by atoms with Gasteiger partial charge in [0.15, 0.2) is 5.82 Å². The fourth-order valence-corrected chi connectivity index (χ4v) is 1.63. The average molecular weight is 307 g/mol. The summed E-state index contributed by atoms with van der Waals surface area (Å²) in [6, 6.07) is 0. The number of alkyl carbamates (subject to hydrolysis) is 1. The Bertz CT molecular complexity index is 704. The van der Waals surface area contributed by atoms with Crippen molar-refractivity contribution in [2.24, 2.45) is 0 Å². The number of nitrogens with zero attached hydrogens (tertiary/aromatic N) is 4. The van der Waals surface area contributed by atoms with Gasteiger partial charge in [-0.2, -0.15) is 4.98 Å². The van der Waals surface area contributed by atoms with Crippen LogP contribution in [0.1, 0.15) is 37.0 Å². The molecule has 0 fully saturated rings. The fourth-order valence-electron chi connectivity index (χ4n) is 1.63. The molecule has 9 heteroatoms. The molecule has 0 atom stereocenters. The molecule has 2 rings (SSSR count). The lowest BCUT2D eigenvalue weighted by atomic mass is 10.2. The van der Waals surface area contributed by atoms with Crippen molar-refractivity contribution in [3.8, 4) is 0 Å². The van der Waals surface area contributed by atoms with Crippen molar-refractivity contribution in [2.75, 3.05) is 6.54 Å². The summed E-state index contributed by atoms with van der Waals surface area (Å²) in [5.41, 5.74) is -0.529. The van der Waals surface area contributed by atoms with E-state index < -0.39 is 17.7 Å². The number of amides is 1. The van der Waals surface area contributed by atoms with Crippen molar-refractivity contribution in [1.82, 2.24) is 24.9 Å². The van der Waals surface area contributed by atoms with Crippen LogP contribution >= 0.6 is 0 Å². The Morgan fingerprint density at radius 2 is 2.14 bits per heavy atom. The molecule has 0 radical (unpaired) electrons. The Morgan fingerprint density at radius 3 is 2.77 bits per heavy atom. The molecule has 0 bridgehead atoms. The Balaban J connectivity index is 1.95. The SMILES string of the molecule is CC(C)(C)OC(=O)NCCc1nc2ncc(C(=O)O)cn2n1. The van der Waals surface area contributed by atoms with E-state index in [1.54, 1.807) is 20.8 Å². The molecule has 2 aromatic rings. The molecule has 2 N–H and O–H groups in total. The van der Waals surface area contributed by atoms with Crippen LogP contribution in [0.5, 0.6) is 0 Å². The topological polar surface area (TPSA) is 119 Å². The Labute approximate surface area is 126 Å². The van der Waals surface area contributed by atoms with Gasteiger partial charge in [0.2, 0.25) is 0 Å². The summed E-state index contributed by atoms with van der Waals surface area (Å²) in [4.78, 5) is 30.4. The van der Waals surface area contributed by atoms with E-state index >= 15 is 0 Å². The van der Waals surface area contributed by atoms with Crippen molar-refractivity contribution >= 4 is 17.8 Å². The second kappa shape index (κ2) is 5.96. The van der Waals surface area contributed by atoms with Crippen molar-refractivity contribution in [3.63, 3.8) is 0 Å². The quantitative estimate of drug-likeness (QED) is 0.860. The predicted octanol–water partition coefficient (Wildman–Crippen LogP) is 0.890. The zero-order valence-corrected chi connectivity index (χ0v) is 12.5. The molecule has 0 unspecified atom stereocenters. The number of rotatable bonds is 4. The minimum Gasteiger partial charge on any atom is -0.478 e. The Morgan fingerprint density at radius 1 is 1.41 bits per heavy atom. The van der Waals surface area contributed by atoms with E-state index in [-0.39, 0.29) is 5.56 Å². The molecule has 0 saturated carbocycles. The molecule has 9 nitrogen and oxygen atoms in total. The smallest absolute Gasteiger partial charge is 0.407 e. The number of nitrogens with one attached hydrogen (secondary N) is 1. The monoisotopic (exact) mass is 307 g/mol. The van der Waals surface area contributed by atoms with E-state index in [1.165, 1.54) is 16.9 Å². The van der Waals surface area contributed by atoms with Crippen molar-refractivity contribution in [2.45, 2.75) is 32.8 Å². The van der Waals surface area contributed by atoms with Gasteiger partial charge in [0, 0.05) is 25.4 Å². The minimum absolute atomic E-state index is 0.0239. The molecular weight excluding hydrogens is 290 g/mol. The lowest BCUT2D eigenvalue weighted by molar-refractivity contribution is 0.0527. The van der Waals surface area contributed by atoms with E-state index in [2.05, 4.69) is 20.4 Å². The molecule has 2 aromatic heterocycles. The van der Waals surface area contributed by atoms with Gasteiger partial charge in [-0.15, -0.1) is 5.10 Å². The third kappa shape index (κ3) is 4.14. The number of hydrogen-bond donors (Lipinski definition) is 2. The van der Waals surface area contributed by atoms with Gasteiger partial charge < -0.3 is 15.2 Å². The zero-order chi connectivity index (χ0) is 16.3. The van der Waals surface area contributed by atoms with Crippen LogP contribution < -0.4 is 5.32 Å². The fraction of sp³-hybridized carbons (Fsp3) is 0.462. The van der Waals surface area contributed by atoms with Crippen LogP contribution in [0.25, 0.3) is 5.78 Å². The Kier molecular flexibility index (Phi) is 4.25. The summed E-state index contributed by atoms with van der Waals surface area (Å²) in [6.45, 7) is 5.64. The van der Waals surface area contributed by atoms with Crippen molar-refractivity contribution in [1.29, 1.82) is 0 Å². The highest BCUT2D eigenvalue weighted by Gasteiger charge is 2.16. The lowest BCUT2D eigenvalue weighted by Crippen LogP contribution is -2.33. The van der Waals surface area contributed by atoms with Crippen LogP contribution in [-0.2, 0) is 11.2 Å². The number of aromatic nitrogens is 4. The second-order valence-electron chi connectivity index (χ2n) is 5.60. The number of aromatic carboxylic acids is 1. The first-order valence-electron chi connectivity index (χ1n) is 6.66. The third-order valence-corrected chi connectivity index (χ3v) is 2.50. The molecule has 2 heterocycles. The molecule has 0 aliphatic heterocycles. The van der Waals surface area contributed by atoms with Gasteiger partial charge in [0.25, 0.3) is 5.78 Å². The van der Waals surface area contributed by atoms with Gasteiger partial charge in [0.05, 0.1) is 5.56 Å². The Hall–Kier alpha value is -2.71. The predicted molar refractivity (Wildman–Crippen MR) is 75.7 cm³/mol. The summed E-state index contributed by atoms with van der Waals surface area (Å²) < 4.78 is 6.40. The van der Waals surface area contributed by atoms with E-state index in [0.717, 1.165) is 0 Å². The summed E-state index contributed by atoms with van der Waals surface area (Å²) >= 11 is 0. The van der Waals surface area contributed by atoms with E-state index in [4.69, 9.17) is 9.84 Å². The molecule has 22 heavy (non-hydrogen) atoms. The summed E-state index contributed by atoms with van der Waals surface area (Å²) in [5, 5.41) is 15.6. The zero-order valence-electron chi connectivity index (χ0n) is 12.5. The number of carbonyl (C=O) groups is 2. The maximum absolute atomic E-state index is 11.5. The standard InChI is InChI=1S/C13H17N5O4/c1-13(2,3)22-12(21)14-5-4-9-16-11-15-6-8(10(19)20)7-18(11)17-9/h6-7H,4-5H2,1-3H3,(H,14,21)(H,19,20). The van der Waals surface area contributed by atoms with E-state index in [9.17, 15) is 9.59 Å². The second-order valence-corrected chi connectivity index (χ2v) is 5.60. The first-order valence-corrected chi connectivity index (χ1v) is 6.66. The van der Waals surface area contributed by atoms with Gasteiger partial charge in [-0.05, 0) is 20.8 Å². The van der Waals surface area contributed by atoms with Crippen LogP contribution in [-0.4, -0.2) is 48.9 Å². The molecule has 0 spiro atoms. The van der Waals surface area contributed by atoms with Crippen LogP contribution in [0.3, 0.4) is 0 Å². The number of fused-ring (bicyclic) bond motifs is 1. The summed E-state index contributed by atoms with van der Waals surface area (Å²) in [7, 11) is 0. The minimum atomic E-state index is -1.09. The number of carboxylic acid groups (broad SMARTS) is 1. The van der Waals surface area contributed by atoms with E-state index in [0.29, 0.717) is 24.6 Å². The maximum atomic E-state index is 11.5. The van der Waals surface area contributed by atoms with Crippen molar-refractivity contribution < 1.29 is 19.4 Å². The van der Waals surface area contributed by atoms with E-state index in [1.807, 2.05) is 0 Å². The molecule has 0 aromatic carbocycles. The molecule has 1 amide bonds. The first-order chi connectivity index (χ1) is 10.2. The highest BCUT2D eigenvalue weighted by Crippen LogP contribution is 2.06. The maximum Gasteiger partial charge on any atom is 0.407 e. The highest BCUT2D eigenvalue weighted by molar-refractivity contribution is 5.86. The number of carboxylic acids is 1. The van der Waals surface area contributed by atoms with Crippen LogP contribution in [0, 0.1) is 0 Å². The normalized spacial score (nSPS) is 11.4.